The molecule has 2 heterocycles. The largest absolute Gasteiger partial charge is 0.344 e. The summed E-state index contributed by atoms with van der Waals surface area (Å²) in [5.41, 5.74) is 2.08. The van der Waals surface area contributed by atoms with Crippen molar-refractivity contribution in [3.05, 3.63) is 93.2 Å². The van der Waals surface area contributed by atoms with Crippen molar-refractivity contribution in [3.63, 3.8) is 0 Å². The number of hydrogen-bond acceptors (Lipinski definition) is 4. The summed E-state index contributed by atoms with van der Waals surface area (Å²) in [5.74, 6) is -0.536. The first-order valence-corrected chi connectivity index (χ1v) is 10.7. The molecule has 1 atom stereocenters. The molecular weight excluding hydrogens is 396 g/mol. The molecule has 152 valence electrons. The van der Waals surface area contributed by atoms with Gasteiger partial charge in [-0.3, -0.25) is 19.3 Å². The van der Waals surface area contributed by atoms with Gasteiger partial charge in [-0.25, -0.2) is 0 Å². The van der Waals surface area contributed by atoms with Gasteiger partial charge in [0.15, 0.2) is 0 Å². The molecule has 0 bridgehead atoms. The third-order valence-corrected chi connectivity index (χ3v) is 6.17. The van der Waals surface area contributed by atoms with Gasteiger partial charge in [0.25, 0.3) is 17.7 Å². The predicted molar refractivity (Wildman–Crippen MR) is 116 cm³/mol. The molecule has 0 unspecified atom stereocenters. The lowest BCUT2D eigenvalue weighted by Gasteiger charge is -2.21. The Kier molecular flexibility index (Phi) is 5.50. The van der Waals surface area contributed by atoms with E-state index in [2.05, 4.69) is 19.2 Å². The second-order valence-electron chi connectivity index (χ2n) is 7.65. The first-order chi connectivity index (χ1) is 14.5. The van der Waals surface area contributed by atoms with Crippen LogP contribution in [0.1, 0.15) is 61.4 Å². The molecule has 0 saturated carbocycles. The number of carbonyl (C=O) groups excluding carboxylic acids is 3. The Balaban J connectivity index is 1.51. The van der Waals surface area contributed by atoms with E-state index in [9.17, 15) is 14.4 Å². The fraction of sp³-hybridized carbons (Fsp3) is 0.208. The number of fused-ring (bicyclic) bond motifs is 1. The van der Waals surface area contributed by atoms with Crippen molar-refractivity contribution in [2.75, 3.05) is 0 Å². The molecule has 3 amide bonds. The van der Waals surface area contributed by atoms with Crippen LogP contribution >= 0.6 is 11.3 Å². The highest BCUT2D eigenvalue weighted by atomic mass is 32.1. The van der Waals surface area contributed by atoms with Crippen molar-refractivity contribution in [2.24, 2.45) is 5.92 Å². The van der Waals surface area contributed by atoms with Gasteiger partial charge in [-0.15, -0.1) is 11.3 Å². The Morgan fingerprint density at radius 2 is 1.67 bits per heavy atom. The highest BCUT2D eigenvalue weighted by Crippen LogP contribution is 2.27. The van der Waals surface area contributed by atoms with Gasteiger partial charge in [-0.2, -0.15) is 0 Å². The summed E-state index contributed by atoms with van der Waals surface area (Å²) in [5, 5.41) is 5.11. The second-order valence-corrected chi connectivity index (χ2v) is 8.63. The number of thiophene rings is 1. The van der Waals surface area contributed by atoms with Crippen LogP contribution in [0.15, 0.2) is 66.0 Å². The van der Waals surface area contributed by atoms with Crippen molar-refractivity contribution in [2.45, 2.75) is 26.4 Å². The Bertz CT molecular complexity index is 1070. The van der Waals surface area contributed by atoms with Crippen molar-refractivity contribution >= 4 is 29.1 Å². The molecule has 1 aromatic heterocycles. The quantitative estimate of drug-likeness (QED) is 0.592. The van der Waals surface area contributed by atoms with Gasteiger partial charge in [0, 0.05) is 10.4 Å². The third-order valence-electron chi connectivity index (χ3n) is 5.21. The Hall–Kier alpha value is -3.25. The molecule has 0 aliphatic carbocycles. The first-order valence-electron chi connectivity index (χ1n) is 9.84. The highest BCUT2D eigenvalue weighted by Gasteiger charge is 2.35. The van der Waals surface area contributed by atoms with E-state index in [4.69, 9.17) is 0 Å². The van der Waals surface area contributed by atoms with E-state index in [0.29, 0.717) is 16.7 Å². The summed E-state index contributed by atoms with van der Waals surface area (Å²) in [6.45, 7) is 4.28. The third kappa shape index (κ3) is 3.78. The van der Waals surface area contributed by atoms with Gasteiger partial charge in [-0.1, -0.05) is 44.2 Å². The molecule has 30 heavy (non-hydrogen) atoms. The van der Waals surface area contributed by atoms with Crippen LogP contribution in [0.25, 0.3) is 0 Å². The average Bonchev–Trinajstić information content (AvgIpc) is 3.36. The van der Waals surface area contributed by atoms with Gasteiger partial charge >= 0.3 is 0 Å². The van der Waals surface area contributed by atoms with Crippen molar-refractivity contribution < 1.29 is 14.4 Å². The van der Waals surface area contributed by atoms with Crippen LogP contribution in [0.5, 0.6) is 0 Å². The molecule has 0 radical (unpaired) electrons. The van der Waals surface area contributed by atoms with Crippen molar-refractivity contribution in [3.8, 4) is 0 Å². The molecule has 0 fully saturated rings. The minimum Gasteiger partial charge on any atom is -0.344 e. The Morgan fingerprint density at radius 1 is 0.967 bits per heavy atom. The fourth-order valence-electron chi connectivity index (χ4n) is 3.64. The van der Waals surface area contributed by atoms with Crippen LogP contribution in [-0.2, 0) is 6.54 Å². The van der Waals surface area contributed by atoms with Gasteiger partial charge in [0.1, 0.15) is 0 Å². The van der Waals surface area contributed by atoms with E-state index in [1.807, 2.05) is 23.6 Å². The van der Waals surface area contributed by atoms with E-state index >= 15 is 0 Å². The molecule has 1 aliphatic heterocycles. The maximum absolute atomic E-state index is 12.9. The van der Waals surface area contributed by atoms with Crippen LogP contribution in [-0.4, -0.2) is 22.6 Å². The number of imide groups is 1. The molecule has 0 saturated heterocycles. The average molecular weight is 419 g/mol. The number of amides is 3. The maximum Gasteiger partial charge on any atom is 0.261 e. The van der Waals surface area contributed by atoms with Crippen LogP contribution in [0.4, 0.5) is 0 Å². The summed E-state index contributed by atoms with van der Waals surface area (Å²) < 4.78 is 0. The van der Waals surface area contributed by atoms with Gasteiger partial charge in [0.2, 0.25) is 0 Å². The lowest BCUT2D eigenvalue weighted by atomic mass is 10.0. The minimum atomic E-state index is -0.303. The van der Waals surface area contributed by atoms with E-state index in [-0.39, 0.29) is 36.2 Å². The van der Waals surface area contributed by atoms with E-state index in [0.717, 1.165) is 10.4 Å². The number of rotatable bonds is 6. The molecular formula is C24H22N2O3S. The van der Waals surface area contributed by atoms with Gasteiger partial charge in [-0.05, 0) is 47.2 Å². The van der Waals surface area contributed by atoms with Crippen molar-refractivity contribution in [1.29, 1.82) is 0 Å². The van der Waals surface area contributed by atoms with Gasteiger partial charge in [0.05, 0.1) is 23.7 Å². The first kappa shape index (κ1) is 20.0. The Labute approximate surface area is 179 Å². The fourth-order valence-corrected chi connectivity index (χ4v) is 4.58. The molecule has 2 aromatic carbocycles. The minimum absolute atomic E-state index is 0.0719. The molecule has 5 nitrogen and oxygen atoms in total. The Morgan fingerprint density at radius 3 is 2.27 bits per heavy atom. The number of hydrogen-bond donors (Lipinski definition) is 1. The predicted octanol–water partition coefficient (Wildman–Crippen LogP) is 4.67. The lowest BCUT2D eigenvalue weighted by molar-refractivity contribution is 0.0642. The van der Waals surface area contributed by atoms with Crippen LogP contribution < -0.4 is 5.32 Å². The molecule has 1 N–H and O–H groups in total. The molecule has 6 heteroatoms. The topological polar surface area (TPSA) is 66.5 Å². The zero-order valence-electron chi connectivity index (χ0n) is 16.8. The van der Waals surface area contributed by atoms with E-state index < -0.39 is 0 Å². The number of nitrogens with zero attached hydrogens (tertiary/aromatic N) is 1. The molecule has 4 rings (SSSR count). The summed E-state index contributed by atoms with van der Waals surface area (Å²) in [6.07, 6.45) is 0. The number of carbonyl (C=O) groups is 3. The summed E-state index contributed by atoms with van der Waals surface area (Å²) >= 11 is 1.62. The lowest BCUT2D eigenvalue weighted by Crippen LogP contribution is -2.31. The maximum atomic E-state index is 12.9. The monoisotopic (exact) mass is 418 g/mol. The van der Waals surface area contributed by atoms with Crippen LogP contribution in [0.2, 0.25) is 0 Å². The van der Waals surface area contributed by atoms with E-state index in [1.54, 1.807) is 53.8 Å². The SMILES string of the molecule is CC(C)[C@@H](NC(=O)c1cccc(CN2C(=O)c3ccccc3C2=O)c1)c1cccs1. The zero-order valence-corrected chi connectivity index (χ0v) is 17.6. The highest BCUT2D eigenvalue weighted by molar-refractivity contribution is 7.10. The van der Waals surface area contributed by atoms with Crippen LogP contribution in [0, 0.1) is 5.92 Å². The van der Waals surface area contributed by atoms with Crippen LogP contribution in [0.3, 0.4) is 0 Å². The van der Waals surface area contributed by atoms with Gasteiger partial charge < -0.3 is 5.32 Å². The number of benzene rings is 2. The summed E-state index contributed by atoms with van der Waals surface area (Å²) in [7, 11) is 0. The smallest absolute Gasteiger partial charge is 0.261 e. The second kappa shape index (κ2) is 8.24. The molecule has 3 aromatic rings. The number of nitrogens with one attached hydrogen (secondary N) is 1. The standard InChI is InChI=1S/C24H22N2O3S/c1-15(2)21(20-11-6-12-30-20)25-22(27)17-8-5-7-16(13-17)14-26-23(28)18-9-3-4-10-19(18)24(26)29/h3-13,15,21H,14H2,1-2H3,(H,25,27)/t21-/m1/s1. The molecule has 0 spiro atoms. The molecule has 1 aliphatic rings. The van der Waals surface area contributed by atoms with Crippen molar-refractivity contribution in [1.82, 2.24) is 10.2 Å². The zero-order chi connectivity index (χ0) is 21.3. The summed E-state index contributed by atoms with van der Waals surface area (Å²) in [6, 6.07) is 17.8. The summed E-state index contributed by atoms with van der Waals surface area (Å²) in [4.78, 5) is 40.5. The normalized spacial score (nSPS) is 14.2. The van der Waals surface area contributed by atoms with E-state index in [1.165, 1.54) is 4.90 Å².